The summed E-state index contributed by atoms with van der Waals surface area (Å²) in [6.45, 7) is 8.50. The van der Waals surface area contributed by atoms with Crippen LogP contribution in [0.5, 0.6) is 0 Å². The van der Waals surface area contributed by atoms with Gasteiger partial charge in [-0.3, -0.25) is 4.79 Å². The van der Waals surface area contributed by atoms with Gasteiger partial charge in [-0.2, -0.15) is 0 Å². The summed E-state index contributed by atoms with van der Waals surface area (Å²) in [5, 5.41) is 12.7. The van der Waals surface area contributed by atoms with Crippen molar-refractivity contribution in [3.8, 4) is 0 Å². The summed E-state index contributed by atoms with van der Waals surface area (Å²) < 4.78 is 0. The number of amides is 1. The summed E-state index contributed by atoms with van der Waals surface area (Å²) in [4.78, 5) is 13.8. The highest BCUT2D eigenvalue weighted by Crippen LogP contribution is 2.34. The number of β-amino-alcohol motifs (C(OH)–C–C–N with tert-alkyl or cyclic N) is 1. The lowest BCUT2D eigenvalue weighted by Crippen LogP contribution is -2.40. The van der Waals surface area contributed by atoms with E-state index in [0.29, 0.717) is 25.4 Å². The Bertz CT molecular complexity index is 273. The number of hydrogen-bond acceptors (Lipinski definition) is 3. The van der Waals surface area contributed by atoms with Crippen LogP contribution in [-0.4, -0.2) is 48.7 Å². The van der Waals surface area contributed by atoms with Gasteiger partial charge in [-0.15, -0.1) is 0 Å². The van der Waals surface area contributed by atoms with E-state index in [4.69, 9.17) is 0 Å². The molecule has 1 fully saturated rings. The smallest absolute Gasteiger partial charge is 0.222 e. The summed E-state index contributed by atoms with van der Waals surface area (Å²) in [7, 11) is 1.81. The number of aliphatic hydroxyl groups is 1. The molecule has 2 atom stereocenters. The molecule has 2 N–H and O–H groups in total. The zero-order valence-electron chi connectivity index (χ0n) is 12.2. The summed E-state index contributed by atoms with van der Waals surface area (Å²) >= 11 is 0. The van der Waals surface area contributed by atoms with Gasteiger partial charge in [0.15, 0.2) is 0 Å². The molecule has 0 aromatic heterocycles. The Morgan fingerprint density at radius 2 is 2.11 bits per heavy atom. The minimum Gasteiger partial charge on any atom is -0.390 e. The fraction of sp³-hybridized carbons (Fsp3) is 0.929. The van der Waals surface area contributed by atoms with Crippen molar-refractivity contribution in [1.29, 1.82) is 0 Å². The number of nitrogens with zero attached hydrogens (tertiary/aromatic N) is 1. The van der Waals surface area contributed by atoms with Gasteiger partial charge in [0.2, 0.25) is 5.91 Å². The first-order valence-corrected chi connectivity index (χ1v) is 6.95. The van der Waals surface area contributed by atoms with Gasteiger partial charge in [0, 0.05) is 26.1 Å². The molecular formula is C14H28N2O2. The molecule has 0 spiro atoms. The lowest BCUT2D eigenvalue weighted by Gasteiger charge is -2.30. The van der Waals surface area contributed by atoms with Gasteiger partial charge in [0.1, 0.15) is 0 Å². The predicted molar refractivity (Wildman–Crippen MR) is 73.3 cm³/mol. The molecule has 1 rings (SSSR count). The number of likely N-dealkylation sites (N-methyl/N-ethyl adjacent to an activating group) is 1. The fourth-order valence-corrected chi connectivity index (χ4v) is 2.65. The molecule has 0 radical (unpaired) electrons. The third kappa shape index (κ3) is 4.58. The molecule has 18 heavy (non-hydrogen) atoms. The van der Waals surface area contributed by atoms with Gasteiger partial charge >= 0.3 is 0 Å². The van der Waals surface area contributed by atoms with Crippen molar-refractivity contribution in [3.63, 3.8) is 0 Å². The second-order valence-corrected chi connectivity index (χ2v) is 6.44. The maximum atomic E-state index is 12.0. The van der Waals surface area contributed by atoms with Gasteiger partial charge in [-0.05, 0) is 31.2 Å². The minimum atomic E-state index is -0.467. The van der Waals surface area contributed by atoms with Crippen LogP contribution in [0, 0.1) is 11.3 Å². The van der Waals surface area contributed by atoms with E-state index in [2.05, 4.69) is 26.1 Å². The predicted octanol–water partition coefficient (Wildman–Crippen LogP) is 1.24. The zero-order valence-corrected chi connectivity index (χ0v) is 12.2. The van der Waals surface area contributed by atoms with Crippen LogP contribution in [0.3, 0.4) is 0 Å². The normalized spacial score (nSPS) is 23.9. The molecule has 1 amide bonds. The topological polar surface area (TPSA) is 52.6 Å². The average molecular weight is 256 g/mol. The van der Waals surface area contributed by atoms with E-state index in [1.807, 2.05) is 11.9 Å². The number of likely N-dealkylation sites (tertiary alicyclic amines) is 1. The molecule has 1 heterocycles. The van der Waals surface area contributed by atoms with Crippen molar-refractivity contribution in [1.82, 2.24) is 10.2 Å². The Morgan fingerprint density at radius 1 is 1.44 bits per heavy atom. The van der Waals surface area contributed by atoms with Crippen LogP contribution in [0.25, 0.3) is 0 Å². The molecule has 1 saturated heterocycles. The van der Waals surface area contributed by atoms with Crippen LogP contribution in [-0.2, 0) is 4.79 Å². The van der Waals surface area contributed by atoms with Crippen molar-refractivity contribution >= 4 is 5.91 Å². The highest BCUT2D eigenvalue weighted by Gasteiger charge is 2.30. The molecule has 4 heteroatoms. The highest BCUT2D eigenvalue weighted by atomic mass is 16.3. The Labute approximate surface area is 111 Å². The van der Waals surface area contributed by atoms with E-state index in [1.165, 1.54) is 0 Å². The van der Waals surface area contributed by atoms with E-state index < -0.39 is 6.10 Å². The Hall–Kier alpha value is -0.610. The summed E-state index contributed by atoms with van der Waals surface area (Å²) in [5.41, 5.74) is 0.264. The van der Waals surface area contributed by atoms with Crippen molar-refractivity contribution in [2.24, 2.45) is 11.3 Å². The van der Waals surface area contributed by atoms with Gasteiger partial charge in [0.05, 0.1) is 6.10 Å². The lowest BCUT2D eigenvalue weighted by atomic mass is 9.77. The molecule has 106 valence electrons. The zero-order chi connectivity index (χ0) is 13.8. The van der Waals surface area contributed by atoms with E-state index in [-0.39, 0.29) is 11.3 Å². The monoisotopic (exact) mass is 256 g/mol. The Morgan fingerprint density at radius 3 is 2.67 bits per heavy atom. The molecule has 1 aliphatic rings. The first kappa shape index (κ1) is 15.4. The number of nitrogens with one attached hydrogen (secondary N) is 1. The van der Waals surface area contributed by atoms with Gasteiger partial charge < -0.3 is 15.3 Å². The van der Waals surface area contributed by atoms with Crippen molar-refractivity contribution in [3.05, 3.63) is 0 Å². The van der Waals surface area contributed by atoms with E-state index in [1.54, 1.807) is 0 Å². The van der Waals surface area contributed by atoms with Gasteiger partial charge in [-0.25, -0.2) is 0 Å². The third-order valence-corrected chi connectivity index (χ3v) is 3.90. The molecule has 0 aliphatic carbocycles. The number of carbonyl (C=O) groups excluding carboxylic acids is 1. The molecule has 4 nitrogen and oxygen atoms in total. The van der Waals surface area contributed by atoms with Crippen LogP contribution >= 0.6 is 0 Å². The second kappa shape index (κ2) is 6.53. The fourth-order valence-electron chi connectivity index (χ4n) is 2.65. The number of rotatable bonds is 4. The number of hydrogen-bond donors (Lipinski definition) is 2. The van der Waals surface area contributed by atoms with Gasteiger partial charge in [-0.1, -0.05) is 20.8 Å². The van der Waals surface area contributed by atoms with Crippen molar-refractivity contribution in [2.75, 3.05) is 26.7 Å². The van der Waals surface area contributed by atoms with Crippen LogP contribution in [0.15, 0.2) is 0 Å². The van der Waals surface area contributed by atoms with Crippen LogP contribution in [0.2, 0.25) is 0 Å². The summed E-state index contributed by atoms with van der Waals surface area (Å²) in [6.07, 6.45) is 2.17. The number of carbonyl (C=O) groups is 1. The summed E-state index contributed by atoms with van der Waals surface area (Å²) in [6, 6.07) is 0. The largest absolute Gasteiger partial charge is 0.390 e. The molecule has 1 aliphatic heterocycles. The molecular weight excluding hydrogens is 228 g/mol. The number of aliphatic hydroxyl groups excluding tert-OH is 1. The van der Waals surface area contributed by atoms with Crippen molar-refractivity contribution < 1.29 is 9.90 Å². The Kier molecular flexibility index (Phi) is 5.60. The minimum absolute atomic E-state index is 0.192. The van der Waals surface area contributed by atoms with E-state index in [9.17, 15) is 9.90 Å². The molecule has 0 bridgehead atoms. The van der Waals surface area contributed by atoms with E-state index in [0.717, 1.165) is 19.4 Å². The van der Waals surface area contributed by atoms with Crippen LogP contribution in [0.1, 0.15) is 40.0 Å². The Balaban J connectivity index is 2.54. The van der Waals surface area contributed by atoms with Gasteiger partial charge in [0.25, 0.3) is 0 Å². The average Bonchev–Trinajstić information content (AvgIpc) is 2.41. The second-order valence-electron chi connectivity index (χ2n) is 6.44. The molecule has 0 aromatic rings. The summed E-state index contributed by atoms with van der Waals surface area (Å²) in [5.74, 6) is 0.782. The van der Waals surface area contributed by atoms with E-state index >= 15 is 0 Å². The maximum Gasteiger partial charge on any atom is 0.222 e. The standard InChI is InChI=1S/C14H28N2O2/c1-14(2,3)11-5-6-13(18)16(8-7-11)10-12(17)9-15-4/h11-12,15,17H,5-10H2,1-4H3. The highest BCUT2D eigenvalue weighted by molar-refractivity contribution is 5.76. The van der Waals surface area contributed by atoms with Crippen LogP contribution < -0.4 is 5.32 Å². The molecule has 2 unspecified atom stereocenters. The lowest BCUT2D eigenvalue weighted by molar-refractivity contribution is -0.132. The third-order valence-electron chi connectivity index (χ3n) is 3.90. The SMILES string of the molecule is CNCC(O)CN1CCC(C(C)(C)C)CCC1=O. The molecule has 0 saturated carbocycles. The first-order chi connectivity index (χ1) is 8.34. The van der Waals surface area contributed by atoms with Crippen LogP contribution in [0.4, 0.5) is 0 Å². The maximum absolute atomic E-state index is 12.0. The molecule has 0 aromatic carbocycles. The van der Waals surface area contributed by atoms with Crippen molar-refractivity contribution in [2.45, 2.75) is 46.1 Å². The first-order valence-electron chi connectivity index (χ1n) is 6.95. The quantitative estimate of drug-likeness (QED) is 0.796.